The van der Waals surface area contributed by atoms with Crippen molar-refractivity contribution in [2.75, 3.05) is 13.2 Å². The number of hydrogen-bond donors (Lipinski definition) is 0. The average Bonchev–Trinajstić information content (AvgIpc) is 2.61. The summed E-state index contributed by atoms with van der Waals surface area (Å²) in [6.45, 7) is 4.08. The Balaban J connectivity index is 2.63. The molecule has 1 atom stereocenters. The van der Waals surface area contributed by atoms with Crippen molar-refractivity contribution in [3.05, 3.63) is 0 Å². The molecule has 0 aliphatic carbocycles. The maximum Gasteiger partial charge on any atom is 0.416 e. The number of ether oxygens (including phenoxy) is 1. The number of cyclic esters (lactones) is 1. The molecule has 0 N–H and O–H groups in total. The molecule has 0 spiro atoms. The minimum absolute atomic E-state index is 0.0804. The Hall–Kier alpha value is 0.1000. The van der Waals surface area contributed by atoms with Gasteiger partial charge in [0.05, 0.1) is 6.54 Å². The largest absolute Gasteiger partial charge is 0.447 e. The quantitative estimate of drug-likeness (QED) is 0.725. The second-order valence-corrected chi connectivity index (χ2v) is 8.15. The van der Waals surface area contributed by atoms with Gasteiger partial charge in [-0.15, -0.1) is 11.6 Å². The first-order valence-corrected chi connectivity index (χ1v) is 7.28. The van der Waals surface area contributed by atoms with Crippen molar-refractivity contribution in [3.63, 3.8) is 0 Å². The summed E-state index contributed by atoms with van der Waals surface area (Å²) in [5.41, 5.74) is -0.606. The minimum Gasteiger partial charge on any atom is -0.447 e. The molecule has 0 saturated carbocycles. The van der Waals surface area contributed by atoms with E-state index in [0.29, 0.717) is 0 Å². The molecule has 1 heterocycles. The van der Waals surface area contributed by atoms with E-state index >= 15 is 0 Å². The fourth-order valence-corrected chi connectivity index (χ4v) is 2.70. The van der Waals surface area contributed by atoms with Gasteiger partial charge in [0.15, 0.2) is 3.79 Å². The summed E-state index contributed by atoms with van der Waals surface area (Å²) in [4.78, 5) is 24.4. The Morgan fingerprint density at radius 3 is 2.42 bits per heavy atom. The first-order valence-electron chi connectivity index (χ1n) is 5.71. The van der Waals surface area contributed by atoms with Crippen LogP contribution in [0, 0.1) is 5.41 Å². The molecular formula is C11H15Cl4NO3. The lowest BCUT2D eigenvalue weighted by molar-refractivity contribution is -0.129. The van der Waals surface area contributed by atoms with Gasteiger partial charge in [-0.1, -0.05) is 48.7 Å². The van der Waals surface area contributed by atoms with Crippen molar-refractivity contribution in [2.45, 2.75) is 35.9 Å². The SMILES string of the molecule is CC(C)(CC(=O)N1CCOC1=O)C(Cl)CC(Cl)(Cl)Cl. The summed E-state index contributed by atoms with van der Waals surface area (Å²) in [5, 5.41) is -0.512. The molecule has 1 saturated heterocycles. The van der Waals surface area contributed by atoms with Gasteiger partial charge in [-0.05, 0) is 5.41 Å². The summed E-state index contributed by atoms with van der Waals surface area (Å²) >= 11 is 23.3. The Labute approximate surface area is 132 Å². The second-order valence-electron chi connectivity index (χ2n) is 5.11. The molecule has 1 fully saturated rings. The van der Waals surface area contributed by atoms with Crippen LogP contribution >= 0.6 is 46.4 Å². The molecule has 4 nitrogen and oxygen atoms in total. The van der Waals surface area contributed by atoms with Crippen LogP contribution in [0.25, 0.3) is 0 Å². The van der Waals surface area contributed by atoms with Crippen molar-refractivity contribution in [1.82, 2.24) is 4.90 Å². The van der Waals surface area contributed by atoms with Crippen molar-refractivity contribution in [1.29, 1.82) is 0 Å². The number of nitrogens with zero attached hydrogens (tertiary/aromatic N) is 1. The lowest BCUT2D eigenvalue weighted by Crippen LogP contribution is -2.38. The Morgan fingerprint density at radius 1 is 1.42 bits per heavy atom. The van der Waals surface area contributed by atoms with Crippen LogP contribution in [0.4, 0.5) is 4.79 Å². The van der Waals surface area contributed by atoms with Gasteiger partial charge in [0.25, 0.3) is 0 Å². The van der Waals surface area contributed by atoms with Crippen LogP contribution in [0.5, 0.6) is 0 Å². The van der Waals surface area contributed by atoms with E-state index in [0.717, 1.165) is 4.90 Å². The molecule has 110 valence electrons. The minimum atomic E-state index is -1.47. The van der Waals surface area contributed by atoms with Crippen molar-refractivity contribution in [2.24, 2.45) is 5.41 Å². The van der Waals surface area contributed by atoms with Crippen LogP contribution in [0.3, 0.4) is 0 Å². The summed E-state index contributed by atoms with van der Waals surface area (Å²) in [7, 11) is 0. The standard InChI is InChI=1S/C11H15Cl4NO3/c1-10(2,7(12)5-11(13,14)15)6-8(17)16-3-4-19-9(16)18/h7H,3-6H2,1-2H3. The second kappa shape index (κ2) is 6.25. The lowest BCUT2D eigenvalue weighted by atomic mass is 9.83. The number of alkyl halides is 4. The molecule has 1 aliphatic heterocycles. The van der Waals surface area contributed by atoms with Gasteiger partial charge >= 0.3 is 6.09 Å². The molecule has 0 radical (unpaired) electrons. The zero-order valence-corrected chi connectivity index (χ0v) is 13.6. The molecule has 1 unspecified atom stereocenters. The van der Waals surface area contributed by atoms with Crippen molar-refractivity contribution >= 4 is 58.4 Å². The fourth-order valence-electron chi connectivity index (χ4n) is 1.70. The van der Waals surface area contributed by atoms with Crippen LogP contribution in [-0.2, 0) is 9.53 Å². The Morgan fingerprint density at radius 2 is 2.00 bits per heavy atom. The van der Waals surface area contributed by atoms with E-state index in [-0.39, 0.29) is 31.9 Å². The zero-order valence-electron chi connectivity index (χ0n) is 10.6. The van der Waals surface area contributed by atoms with E-state index in [4.69, 9.17) is 51.1 Å². The van der Waals surface area contributed by atoms with E-state index < -0.39 is 20.7 Å². The number of carbonyl (C=O) groups excluding carboxylic acids is 2. The smallest absolute Gasteiger partial charge is 0.416 e. The number of hydrogen-bond acceptors (Lipinski definition) is 3. The summed E-state index contributed by atoms with van der Waals surface area (Å²) < 4.78 is 3.24. The van der Waals surface area contributed by atoms with Crippen LogP contribution < -0.4 is 0 Å². The van der Waals surface area contributed by atoms with Crippen molar-refractivity contribution in [3.8, 4) is 0 Å². The highest BCUT2D eigenvalue weighted by atomic mass is 35.6. The number of halogens is 4. The van der Waals surface area contributed by atoms with Gasteiger partial charge in [-0.25, -0.2) is 9.69 Å². The maximum atomic E-state index is 12.0. The van der Waals surface area contributed by atoms with Gasteiger partial charge in [0.1, 0.15) is 6.61 Å². The first-order chi connectivity index (χ1) is 8.53. The van der Waals surface area contributed by atoms with Gasteiger partial charge in [0.2, 0.25) is 5.91 Å². The number of carbonyl (C=O) groups is 2. The molecule has 0 aromatic carbocycles. The molecule has 1 aliphatic rings. The lowest BCUT2D eigenvalue weighted by Gasteiger charge is -2.32. The molecule has 19 heavy (non-hydrogen) atoms. The third-order valence-electron chi connectivity index (χ3n) is 2.93. The highest BCUT2D eigenvalue weighted by Gasteiger charge is 2.39. The molecular weight excluding hydrogens is 336 g/mol. The fraction of sp³-hybridized carbons (Fsp3) is 0.818. The van der Waals surface area contributed by atoms with E-state index in [1.54, 1.807) is 13.8 Å². The van der Waals surface area contributed by atoms with Gasteiger partial charge in [0, 0.05) is 18.2 Å². The van der Waals surface area contributed by atoms with Crippen LogP contribution in [0.15, 0.2) is 0 Å². The van der Waals surface area contributed by atoms with Gasteiger partial charge in [-0.3, -0.25) is 4.79 Å². The third-order valence-corrected chi connectivity index (χ3v) is 4.14. The Bertz CT molecular complexity index is 367. The monoisotopic (exact) mass is 349 g/mol. The predicted molar refractivity (Wildman–Crippen MR) is 76.0 cm³/mol. The van der Waals surface area contributed by atoms with Crippen molar-refractivity contribution < 1.29 is 14.3 Å². The van der Waals surface area contributed by atoms with Gasteiger partial charge < -0.3 is 4.74 Å². The number of amides is 2. The summed E-state index contributed by atoms with van der Waals surface area (Å²) in [5.74, 6) is -0.331. The maximum absolute atomic E-state index is 12.0. The van der Waals surface area contributed by atoms with Crippen LogP contribution in [-0.4, -0.2) is 39.2 Å². The molecule has 0 aromatic heterocycles. The molecule has 8 heteroatoms. The van der Waals surface area contributed by atoms with E-state index in [9.17, 15) is 9.59 Å². The van der Waals surface area contributed by atoms with Gasteiger partial charge in [-0.2, -0.15) is 0 Å². The van der Waals surface area contributed by atoms with E-state index in [2.05, 4.69) is 0 Å². The zero-order chi connectivity index (χ0) is 14.8. The highest BCUT2D eigenvalue weighted by molar-refractivity contribution is 6.67. The average molecular weight is 351 g/mol. The summed E-state index contributed by atoms with van der Waals surface area (Å²) in [6.07, 6.45) is -0.422. The third kappa shape index (κ3) is 5.18. The van der Waals surface area contributed by atoms with Crippen LogP contribution in [0.2, 0.25) is 0 Å². The molecule has 1 rings (SSSR count). The normalized spacial score (nSPS) is 18.4. The molecule has 0 bridgehead atoms. The Kier molecular flexibility index (Phi) is 5.64. The summed E-state index contributed by atoms with van der Waals surface area (Å²) in [6, 6.07) is 0. The first kappa shape index (κ1) is 17.2. The highest BCUT2D eigenvalue weighted by Crippen LogP contribution is 2.41. The number of imide groups is 1. The molecule has 0 aromatic rings. The molecule has 2 amide bonds. The van der Waals surface area contributed by atoms with Crippen LogP contribution in [0.1, 0.15) is 26.7 Å². The number of rotatable bonds is 4. The van der Waals surface area contributed by atoms with E-state index in [1.165, 1.54) is 0 Å². The van der Waals surface area contributed by atoms with E-state index in [1.807, 2.05) is 0 Å². The topological polar surface area (TPSA) is 46.6 Å². The predicted octanol–water partition coefficient (Wildman–Crippen LogP) is 3.75.